The average molecular weight is 374 g/mol. The van der Waals surface area contributed by atoms with E-state index in [1.165, 1.54) is 0 Å². The van der Waals surface area contributed by atoms with Crippen molar-refractivity contribution in [1.29, 1.82) is 0 Å². The molecule has 2 fully saturated rings. The molecule has 0 unspecified atom stereocenters. The number of likely N-dealkylation sites (N-methyl/N-ethyl adjacent to an activating group) is 1. The van der Waals surface area contributed by atoms with Gasteiger partial charge in [-0.25, -0.2) is 4.98 Å². The predicted molar refractivity (Wildman–Crippen MR) is 103 cm³/mol. The summed E-state index contributed by atoms with van der Waals surface area (Å²) in [5.41, 5.74) is 0.626. The first-order valence-electron chi connectivity index (χ1n) is 9.64. The summed E-state index contributed by atoms with van der Waals surface area (Å²) in [4.78, 5) is 35.5. The van der Waals surface area contributed by atoms with Crippen molar-refractivity contribution < 1.29 is 14.3 Å². The molecule has 1 spiro atoms. The topological polar surface area (TPSA) is 66.0 Å². The Morgan fingerprint density at radius 1 is 1.33 bits per heavy atom. The molecule has 0 radical (unpaired) electrons. The lowest BCUT2D eigenvalue weighted by molar-refractivity contribution is -0.139. The van der Waals surface area contributed by atoms with Crippen LogP contribution in [0.25, 0.3) is 0 Å². The smallest absolute Gasteiger partial charge is 0.254 e. The Morgan fingerprint density at radius 2 is 2.15 bits per heavy atom. The molecule has 2 aliphatic heterocycles. The third-order valence-electron chi connectivity index (χ3n) is 5.70. The van der Waals surface area contributed by atoms with Crippen LogP contribution in [-0.4, -0.2) is 85.4 Å². The molecule has 2 aliphatic rings. The van der Waals surface area contributed by atoms with E-state index >= 15 is 0 Å². The molecule has 148 valence electrons. The number of hydrogen-bond acceptors (Lipinski definition) is 5. The van der Waals surface area contributed by atoms with E-state index in [0.29, 0.717) is 24.4 Å². The number of hydrogen-bond donors (Lipinski definition) is 0. The van der Waals surface area contributed by atoms with E-state index in [1.807, 2.05) is 23.9 Å². The molecule has 27 heavy (non-hydrogen) atoms. The summed E-state index contributed by atoms with van der Waals surface area (Å²) in [6.45, 7) is 3.84. The first-order chi connectivity index (χ1) is 12.9. The number of carbonyl (C=O) groups is 2. The maximum atomic E-state index is 13.0. The van der Waals surface area contributed by atoms with Gasteiger partial charge < -0.3 is 19.4 Å². The molecule has 7 heteroatoms. The number of pyridine rings is 1. The highest BCUT2D eigenvalue weighted by atomic mass is 16.5. The standard InChI is InChI=1S/C20H30N4O3/c1-22(2)11-12-23-14-20(8-5-18(23)25)7-4-10-24(15-20)19(26)16-6-9-21-17(13-16)27-3/h6,9,13H,4-5,7-8,10-12,14-15H2,1-3H3/t20-/m0/s1. The van der Waals surface area contributed by atoms with Crippen LogP contribution in [0.5, 0.6) is 5.88 Å². The molecule has 0 aromatic carbocycles. The van der Waals surface area contributed by atoms with Gasteiger partial charge in [-0.1, -0.05) is 0 Å². The van der Waals surface area contributed by atoms with Crippen molar-refractivity contribution in [2.75, 3.05) is 53.9 Å². The molecule has 0 bridgehead atoms. The van der Waals surface area contributed by atoms with Crippen LogP contribution < -0.4 is 4.74 Å². The Bertz CT molecular complexity index is 694. The molecule has 2 saturated heterocycles. The average Bonchev–Trinajstić information content (AvgIpc) is 2.68. The predicted octanol–water partition coefficient (Wildman–Crippen LogP) is 1.50. The zero-order valence-electron chi connectivity index (χ0n) is 16.6. The Morgan fingerprint density at radius 3 is 2.89 bits per heavy atom. The van der Waals surface area contributed by atoms with Crippen LogP contribution in [0, 0.1) is 5.41 Å². The van der Waals surface area contributed by atoms with Crippen LogP contribution in [-0.2, 0) is 4.79 Å². The summed E-state index contributed by atoms with van der Waals surface area (Å²) < 4.78 is 5.14. The molecule has 7 nitrogen and oxygen atoms in total. The van der Waals surface area contributed by atoms with E-state index in [9.17, 15) is 9.59 Å². The van der Waals surface area contributed by atoms with Gasteiger partial charge in [0, 0.05) is 62.4 Å². The molecule has 0 saturated carbocycles. The number of amides is 2. The number of ether oxygens (including phenoxy) is 1. The Kier molecular flexibility index (Phi) is 5.99. The lowest BCUT2D eigenvalue weighted by atomic mass is 9.73. The van der Waals surface area contributed by atoms with E-state index in [1.54, 1.807) is 25.4 Å². The summed E-state index contributed by atoms with van der Waals surface area (Å²) in [5, 5.41) is 0. The first kappa shape index (κ1) is 19.6. The quantitative estimate of drug-likeness (QED) is 0.781. The van der Waals surface area contributed by atoms with Crippen LogP contribution in [0.4, 0.5) is 0 Å². The minimum Gasteiger partial charge on any atom is -0.481 e. The Hall–Kier alpha value is -2.15. The van der Waals surface area contributed by atoms with Crippen molar-refractivity contribution in [3.8, 4) is 5.88 Å². The van der Waals surface area contributed by atoms with E-state index in [4.69, 9.17) is 4.74 Å². The summed E-state index contributed by atoms with van der Waals surface area (Å²) >= 11 is 0. The van der Waals surface area contributed by atoms with E-state index in [-0.39, 0.29) is 17.2 Å². The fourth-order valence-electron chi connectivity index (χ4n) is 4.18. The molecule has 1 atom stereocenters. The van der Waals surface area contributed by atoms with Gasteiger partial charge in [-0.3, -0.25) is 9.59 Å². The van der Waals surface area contributed by atoms with Crippen molar-refractivity contribution in [2.45, 2.75) is 25.7 Å². The number of piperidine rings is 2. The fourth-order valence-corrected chi connectivity index (χ4v) is 4.18. The molecular formula is C20H30N4O3. The molecule has 0 aliphatic carbocycles. The molecule has 1 aromatic rings. The van der Waals surface area contributed by atoms with Crippen molar-refractivity contribution in [1.82, 2.24) is 19.7 Å². The Balaban J connectivity index is 1.70. The van der Waals surface area contributed by atoms with E-state index in [0.717, 1.165) is 45.4 Å². The van der Waals surface area contributed by atoms with Crippen LogP contribution in [0.15, 0.2) is 18.3 Å². The normalized spacial score (nSPS) is 23.2. The summed E-state index contributed by atoms with van der Waals surface area (Å²) in [6, 6.07) is 3.43. The number of methoxy groups -OCH3 is 1. The first-order valence-corrected chi connectivity index (χ1v) is 9.64. The second kappa shape index (κ2) is 8.25. The summed E-state index contributed by atoms with van der Waals surface area (Å²) in [5.74, 6) is 0.710. The highest BCUT2D eigenvalue weighted by molar-refractivity contribution is 5.94. The summed E-state index contributed by atoms with van der Waals surface area (Å²) in [6.07, 6.45) is 5.10. The zero-order chi connectivity index (χ0) is 19.4. The zero-order valence-corrected chi connectivity index (χ0v) is 16.6. The monoisotopic (exact) mass is 374 g/mol. The van der Waals surface area contributed by atoms with Gasteiger partial charge in [0.2, 0.25) is 11.8 Å². The lowest BCUT2D eigenvalue weighted by Crippen LogP contribution is -2.55. The number of likely N-dealkylation sites (tertiary alicyclic amines) is 2. The maximum absolute atomic E-state index is 13.0. The fraction of sp³-hybridized carbons (Fsp3) is 0.650. The third kappa shape index (κ3) is 4.58. The second-order valence-corrected chi connectivity index (χ2v) is 8.04. The molecule has 0 N–H and O–H groups in total. The molecule has 3 heterocycles. The lowest BCUT2D eigenvalue weighted by Gasteiger charge is -2.48. The van der Waals surface area contributed by atoms with Crippen LogP contribution in [0.1, 0.15) is 36.0 Å². The molecule has 1 aromatic heterocycles. The van der Waals surface area contributed by atoms with Gasteiger partial charge in [0.05, 0.1) is 7.11 Å². The SMILES string of the molecule is COc1cc(C(=O)N2CCC[C@@]3(CCC(=O)N(CCN(C)C)C3)C2)ccn1. The van der Waals surface area contributed by atoms with Gasteiger partial charge in [-0.05, 0) is 39.4 Å². The largest absolute Gasteiger partial charge is 0.481 e. The summed E-state index contributed by atoms with van der Waals surface area (Å²) in [7, 11) is 5.59. The molecular weight excluding hydrogens is 344 g/mol. The van der Waals surface area contributed by atoms with Gasteiger partial charge in [0.15, 0.2) is 0 Å². The third-order valence-corrected chi connectivity index (χ3v) is 5.70. The van der Waals surface area contributed by atoms with E-state index < -0.39 is 0 Å². The number of nitrogens with zero attached hydrogens (tertiary/aromatic N) is 4. The van der Waals surface area contributed by atoms with Crippen LogP contribution in [0.2, 0.25) is 0 Å². The minimum atomic E-state index is 0.0191. The maximum Gasteiger partial charge on any atom is 0.254 e. The minimum absolute atomic E-state index is 0.0191. The van der Waals surface area contributed by atoms with Crippen molar-refractivity contribution in [2.24, 2.45) is 5.41 Å². The van der Waals surface area contributed by atoms with Crippen molar-refractivity contribution in [3.05, 3.63) is 23.9 Å². The molecule has 2 amide bonds. The van der Waals surface area contributed by atoms with Gasteiger partial charge in [0.25, 0.3) is 5.91 Å². The number of rotatable bonds is 5. The van der Waals surface area contributed by atoms with Gasteiger partial charge in [-0.15, -0.1) is 0 Å². The van der Waals surface area contributed by atoms with Crippen LogP contribution in [0.3, 0.4) is 0 Å². The Labute approximate surface area is 161 Å². The highest BCUT2D eigenvalue weighted by Crippen LogP contribution is 2.39. The van der Waals surface area contributed by atoms with Crippen molar-refractivity contribution in [3.63, 3.8) is 0 Å². The highest BCUT2D eigenvalue weighted by Gasteiger charge is 2.42. The molecule has 3 rings (SSSR count). The van der Waals surface area contributed by atoms with Gasteiger partial charge in [-0.2, -0.15) is 0 Å². The van der Waals surface area contributed by atoms with Crippen molar-refractivity contribution >= 4 is 11.8 Å². The number of carbonyl (C=O) groups excluding carboxylic acids is 2. The number of aromatic nitrogens is 1. The second-order valence-electron chi connectivity index (χ2n) is 8.04. The van der Waals surface area contributed by atoms with E-state index in [2.05, 4.69) is 9.88 Å². The van der Waals surface area contributed by atoms with Crippen LogP contribution >= 0.6 is 0 Å². The van der Waals surface area contributed by atoms with Gasteiger partial charge >= 0.3 is 0 Å². The van der Waals surface area contributed by atoms with Gasteiger partial charge in [0.1, 0.15) is 0 Å².